The van der Waals surface area contributed by atoms with E-state index in [0.29, 0.717) is 5.54 Å². The Labute approximate surface area is 147 Å². The van der Waals surface area contributed by atoms with Crippen LogP contribution in [0.25, 0.3) is 0 Å². The molecule has 0 atom stereocenters. The Morgan fingerprint density at radius 2 is 1.62 bits per heavy atom. The number of aryl methyl sites for hydroxylation is 1. The first-order chi connectivity index (χ1) is 11.4. The largest absolute Gasteiger partial charge is 0.353 e. The Balaban J connectivity index is 1.42. The molecule has 5 heteroatoms. The monoisotopic (exact) mass is 331 g/mol. The molecule has 24 heavy (non-hydrogen) atoms. The van der Waals surface area contributed by atoms with Crippen molar-refractivity contribution in [2.45, 2.75) is 46.1 Å². The van der Waals surface area contributed by atoms with E-state index in [9.17, 15) is 0 Å². The third kappa shape index (κ3) is 4.45. The lowest BCUT2D eigenvalue weighted by atomic mass is 9.92. The molecule has 0 N–H and O–H groups in total. The van der Waals surface area contributed by atoms with Gasteiger partial charge in [-0.15, -0.1) is 5.10 Å². The van der Waals surface area contributed by atoms with E-state index in [2.05, 4.69) is 57.8 Å². The van der Waals surface area contributed by atoms with Gasteiger partial charge in [0.1, 0.15) is 0 Å². The first-order valence-corrected chi connectivity index (χ1v) is 9.44. The van der Waals surface area contributed by atoms with Crippen LogP contribution >= 0.6 is 0 Å². The lowest BCUT2D eigenvalue weighted by Gasteiger charge is -2.43. The fourth-order valence-electron chi connectivity index (χ4n) is 3.87. The molecule has 2 aliphatic heterocycles. The van der Waals surface area contributed by atoms with E-state index in [-0.39, 0.29) is 0 Å². The SMILES string of the molecule is Cc1ccc(N2CCN(CC3CCN(C(C)(C)C)CC3)CC2)nn1. The zero-order chi connectivity index (χ0) is 17.2. The number of piperidine rings is 1. The smallest absolute Gasteiger partial charge is 0.151 e. The van der Waals surface area contributed by atoms with Crippen LogP contribution in [0.5, 0.6) is 0 Å². The Morgan fingerprint density at radius 3 is 2.17 bits per heavy atom. The Morgan fingerprint density at radius 1 is 0.958 bits per heavy atom. The highest BCUT2D eigenvalue weighted by Crippen LogP contribution is 2.25. The molecule has 2 aliphatic rings. The quantitative estimate of drug-likeness (QED) is 0.850. The molecular weight excluding hydrogens is 298 g/mol. The normalized spacial score (nSPS) is 22.1. The molecule has 5 nitrogen and oxygen atoms in total. The second-order valence-electron chi connectivity index (χ2n) is 8.42. The number of anilines is 1. The first-order valence-electron chi connectivity index (χ1n) is 9.44. The van der Waals surface area contributed by atoms with Crippen molar-refractivity contribution < 1.29 is 0 Å². The molecule has 0 unspecified atom stereocenters. The molecule has 0 bridgehead atoms. The third-order valence-electron chi connectivity index (χ3n) is 5.56. The van der Waals surface area contributed by atoms with Crippen LogP contribution in [0, 0.1) is 12.8 Å². The molecule has 0 amide bonds. The van der Waals surface area contributed by atoms with E-state index >= 15 is 0 Å². The molecule has 1 aromatic rings. The molecule has 0 aromatic carbocycles. The van der Waals surface area contributed by atoms with Crippen molar-refractivity contribution in [1.82, 2.24) is 20.0 Å². The van der Waals surface area contributed by atoms with Crippen LogP contribution in [-0.4, -0.2) is 71.3 Å². The first kappa shape index (κ1) is 17.6. The summed E-state index contributed by atoms with van der Waals surface area (Å²) in [6, 6.07) is 4.15. The number of nitrogens with zero attached hydrogens (tertiary/aromatic N) is 5. The molecule has 0 radical (unpaired) electrons. The standard InChI is InChI=1S/C19H33N5/c1-16-5-6-18(21-20-16)23-13-11-22(12-14-23)15-17-7-9-24(10-8-17)19(2,3)4/h5-6,17H,7-15H2,1-4H3. The van der Waals surface area contributed by atoms with Crippen LogP contribution in [0.3, 0.4) is 0 Å². The summed E-state index contributed by atoms with van der Waals surface area (Å²) >= 11 is 0. The van der Waals surface area contributed by atoms with Crippen LogP contribution in [0.4, 0.5) is 5.82 Å². The average molecular weight is 332 g/mol. The second kappa shape index (κ2) is 7.36. The van der Waals surface area contributed by atoms with E-state index in [4.69, 9.17) is 0 Å². The van der Waals surface area contributed by atoms with Gasteiger partial charge in [0, 0.05) is 38.3 Å². The van der Waals surface area contributed by atoms with Crippen LogP contribution in [0.2, 0.25) is 0 Å². The van der Waals surface area contributed by atoms with E-state index in [1.54, 1.807) is 0 Å². The van der Waals surface area contributed by atoms with Gasteiger partial charge in [-0.1, -0.05) is 0 Å². The summed E-state index contributed by atoms with van der Waals surface area (Å²) in [6.45, 7) is 17.2. The zero-order valence-electron chi connectivity index (χ0n) is 15.8. The van der Waals surface area contributed by atoms with Crippen LogP contribution < -0.4 is 4.90 Å². The summed E-state index contributed by atoms with van der Waals surface area (Å²) in [5.74, 6) is 1.90. The minimum absolute atomic E-state index is 0.325. The van der Waals surface area contributed by atoms with Crippen molar-refractivity contribution in [3.63, 3.8) is 0 Å². The van der Waals surface area contributed by atoms with Gasteiger partial charge in [0.2, 0.25) is 0 Å². The van der Waals surface area contributed by atoms with E-state index in [0.717, 1.165) is 43.6 Å². The number of rotatable bonds is 3. The molecule has 3 rings (SSSR count). The Bertz CT molecular complexity index is 506. The van der Waals surface area contributed by atoms with E-state index in [1.165, 1.54) is 32.5 Å². The number of likely N-dealkylation sites (tertiary alicyclic amines) is 1. The van der Waals surface area contributed by atoms with Gasteiger partial charge in [0.25, 0.3) is 0 Å². The van der Waals surface area contributed by atoms with Crippen LogP contribution in [-0.2, 0) is 0 Å². The topological polar surface area (TPSA) is 35.5 Å². The Hall–Kier alpha value is -1.20. The summed E-state index contributed by atoms with van der Waals surface area (Å²) < 4.78 is 0. The minimum atomic E-state index is 0.325. The number of piperazine rings is 1. The summed E-state index contributed by atoms with van der Waals surface area (Å²) in [5, 5.41) is 8.51. The molecule has 2 fully saturated rings. The van der Waals surface area contributed by atoms with Crippen molar-refractivity contribution in [2.75, 3.05) is 50.7 Å². The molecule has 2 saturated heterocycles. The van der Waals surface area contributed by atoms with Gasteiger partial charge in [-0.25, -0.2) is 0 Å². The number of aromatic nitrogens is 2. The van der Waals surface area contributed by atoms with Gasteiger partial charge < -0.3 is 4.90 Å². The van der Waals surface area contributed by atoms with Crippen molar-refractivity contribution in [3.05, 3.63) is 17.8 Å². The summed E-state index contributed by atoms with van der Waals surface area (Å²) in [7, 11) is 0. The lowest BCUT2D eigenvalue weighted by molar-refractivity contribution is 0.0735. The maximum absolute atomic E-state index is 4.33. The van der Waals surface area contributed by atoms with Crippen LogP contribution in [0.1, 0.15) is 39.3 Å². The predicted octanol–water partition coefficient (Wildman–Crippen LogP) is 2.42. The molecular formula is C19H33N5. The van der Waals surface area contributed by atoms with E-state index < -0.39 is 0 Å². The fourth-order valence-corrected chi connectivity index (χ4v) is 3.87. The number of hydrogen-bond acceptors (Lipinski definition) is 5. The average Bonchev–Trinajstić information content (AvgIpc) is 2.56. The van der Waals surface area contributed by atoms with Crippen molar-refractivity contribution >= 4 is 5.82 Å². The third-order valence-corrected chi connectivity index (χ3v) is 5.56. The molecule has 134 valence electrons. The van der Waals surface area contributed by atoms with Gasteiger partial charge >= 0.3 is 0 Å². The van der Waals surface area contributed by atoms with Crippen molar-refractivity contribution in [2.24, 2.45) is 5.92 Å². The van der Waals surface area contributed by atoms with Crippen molar-refractivity contribution in [3.8, 4) is 0 Å². The van der Waals surface area contributed by atoms with Crippen LogP contribution in [0.15, 0.2) is 12.1 Å². The van der Waals surface area contributed by atoms with Gasteiger partial charge in [-0.2, -0.15) is 5.10 Å². The maximum Gasteiger partial charge on any atom is 0.151 e. The molecule has 0 aliphatic carbocycles. The summed E-state index contributed by atoms with van der Waals surface area (Å²) in [5.41, 5.74) is 1.31. The second-order valence-corrected chi connectivity index (χ2v) is 8.42. The summed E-state index contributed by atoms with van der Waals surface area (Å²) in [4.78, 5) is 7.65. The molecule has 1 aromatic heterocycles. The van der Waals surface area contributed by atoms with Gasteiger partial charge in [0.15, 0.2) is 5.82 Å². The summed E-state index contributed by atoms with van der Waals surface area (Å²) in [6.07, 6.45) is 2.70. The lowest BCUT2D eigenvalue weighted by Crippen LogP contribution is -2.50. The van der Waals surface area contributed by atoms with Gasteiger partial charge in [-0.3, -0.25) is 9.80 Å². The molecule has 3 heterocycles. The predicted molar refractivity (Wildman–Crippen MR) is 99.5 cm³/mol. The Kier molecular flexibility index (Phi) is 5.40. The van der Waals surface area contributed by atoms with Crippen molar-refractivity contribution in [1.29, 1.82) is 0 Å². The molecule has 0 spiro atoms. The number of hydrogen-bond donors (Lipinski definition) is 0. The maximum atomic E-state index is 4.33. The zero-order valence-corrected chi connectivity index (χ0v) is 15.8. The minimum Gasteiger partial charge on any atom is -0.353 e. The highest BCUT2D eigenvalue weighted by atomic mass is 15.3. The highest BCUT2D eigenvalue weighted by molar-refractivity contribution is 5.37. The van der Waals surface area contributed by atoms with Gasteiger partial charge in [0.05, 0.1) is 5.69 Å². The molecule has 0 saturated carbocycles. The fraction of sp³-hybridized carbons (Fsp3) is 0.789. The highest BCUT2D eigenvalue weighted by Gasteiger charge is 2.28. The van der Waals surface area contributed by atoms with E-state index in [1.807, 2.05) is 6.92 Å². The van der Waals surface area contributed by atoms with Gasteiger partial charge in [-0.05, 0) is 71.7 Å².